The highest BCUT2D eigenvalue weighted by Crippen LogP contribution is 2.11. The van der Waals surface area contributed by atoms with Crippen molar-refractivity contribution in [2.24, 2.45) is 0 Å². The Labute approximate surface area is 161 Å². The van der Waals surface area contributed by atoms with Crippen LogP contribution in [-0.4, -0.2) is 42.1 Å². The number of allylic oxidation sites excluding steroid dienone is 6. The van der Waals surface area contributed by atoms with E-state index in [0.29, 0.717) is 12.2 Å². The Morgan fingerprint density at radius 1 is 1.07 bits per heavy atom. The van der Waals surface area contributed by atoms with E-state index in [2.05, 4.69) is 19.1 Å². The number of carbonyl (C=O) groups is 1. The van der Waals surface area contributed by atoms with E-state index in [1.54, 1.807) is 0 Å². The number of aliphatic hydroxyl groups excluding tert-OH is 1. The van der Waals surface area contributed by atoms with Crippen molar-refractivity contribution >= 4 is 5.97 Å². The molecule has 1 unspecified atom stereocenters. The Hall–Kier alpha value is -2.37. The number of unbranched alkanes of at least 4 members (excludes halogenated alkanes) is 2. The minimum Gasteiger partial charge on any atom is -0.508 e. The van der Waals surface area contributed by atoms with Gasteiger partial charge < -0.3 is 19.7 Å². The molecule has 148 valence electrons. The van der Waals surface area contributed by atoms with Crippen molar-refractivity contribution in [3.63, 3.8) is 0 Å². The van der Waals surface area contributed by atoms with E-state index in [1.165, 1.54) is 24.3 Å². The molecule has 1 rings (SSSR count). The number of phenolic OH excluding ortho intramolecular Hbond substituents is 1. The summed E-state index contributed by atoms with van der Waals surface area (Å²) in [6, 6.07) is 5.75. The van der Waals surface area contributed by atoms with Crippen LogP contribution in [0.1, 0.15) is 43.0 Å². The summed E-state index contributed by atoms with van der Waals surface area (Å²) in [5.74, 6) is -0.480. The molecule has 27 heavy (non-hydrogen) atoms. The van der Waals surface area contributed by atoms with E-state index in [0.717, 1.165) is 25.7 Å². The summed E-state index contributed by atoms with van der Waals surface area (Å²) < 4.78 is 10.7. The van der Waals surface area contributed by atoms with Gasteiger partial charge in [-0.1, -0.05) is 49.8 Å². The van der Waals surface area contributed by atoms with Gasteiger partial charge in [0.25, 0.3) is 0 Å². The lowest BCUT2D eigenvalue weighted by Gasteiger charge is -2.15. The number of ether oxygens (including phenoxy) is 2. The van der Waals surface area contributed by atoms with E-state index >= 15 is 0 Å². The first-order chi connectivity index (χ1) is 13.2. The summed E-state index contributed by atoms with van der Waals surface area (Å²) in [5, 5.41) is 18.5. The number of aliphatic hydroxyl groups is 1. The fraction of sp³-hybridized carbons (Fsp3) is 0.409. The van der Waals surface area contributed by atoms with Gasteiger partial charge in [-0.2, -0.15) is 0 Å². The molecule has 5 nitrogen and oxygen atoms in total. The van der Waals surface area contributed by atoms with E-state index in [1.807, 2.05) is 24.3 Å². The molecule has 0 aromatic heterocycles. The van der Waals surface area contributed by atoms with Gasteiger partial charge in [0, 0.05) is 6.61 Å². The van der Waals surface area contributed by atoms with Gasteiger partial charge in [-0.15, -0.1) is 0 Å². The van der Waals surface area contributed by atoms with Crippen molar-refractivity contribution in [1.29, 1.82) is 0 Å². The van der Waals surface area contributed by atoms with Crippen LogP contribution in [0, 0.1) is 0 Å². The summed E-state index contributed by atoms with van der Waals surface area (Å²) in [6.45, 7) is 2.52. The molecule has 0 amide bonds. The van der Waals surface area contributed by atoms with Gasteiger partial charge in [0.05, 0.1) is 18.8 Å². The first-order valence-corrected chi connectivity index (χ1v) is 9.34. The Kier molecular flexibility index (Phi) is 12.4. The number of hydrogen-bond acceptors (Lipinski definition) is 5. The standard InChI is InChI=1S/C22H30O5/c1-2-3-4-5-6-7-8-9-10-11-16-26-18-21(17-23)27-22(25)19-12-14-20(24)15-13-19/h4-9,12-15,21,23-24H,2-3,10-11,16-18H2,1H3/b5-4+,7-6-,9-8+. The van der Waals surface area contributed by atoms with Gasteiger partial charge in [0.2, 0.25) is 0 Å². The van der Waals surface area contributed by atoms with Crippen molar-refractivity contribution in [1.82, 2.24) is 0 Å². The molecule has 0 aliphatic carbocycles. The lowest BCUT2D eigenvalue weighted by Crippen LogP contribution is -2.27. The number of phenols is 1. The molecule has 0 bridgehead atoms. The SMILES string of the molecule is CCC/C=C/C=C\C=C\CCCOCC(CO)OC(=O)c1ccc(O)cc1. The summed E-state index contributed by atoms with van der Waals surface area (Å²) in [6.07, 6.45) is 15.6. The zero-order valence-electron chi connectivity index (χ0n) is 15.9. The van der Waals surface area contributed by atoms with Crippen LogP contribution in [0.5, 0.6) is 5.75 Å². The van der Waals surface area contributed by atoms with E-state index in [9.17, 15) is 15.0 Å². The van der Waals surface area contributed by atoms with Gasteiger partial charge in [-0.25, -0.2) is 4.79 Å². The summed E-state index contributed by atoms with van der Waals surface area (Å²) in [4.78, 5) is 12.0. The molecule has 0 aliphatic heterocycles. The average Bonchev–Trinajstić information content (AvgIpc) is 2.68. The highest BCUT2D eigenvalue weighted by atomic mass is 16.6. The third-order valence-corrected chi connectivity index (χ3v) is 3.60. The van der Waals surface area contributed by atoms with Gasteiger partial charge in [-0.05, 0) is 43.5 Å². The van der Waals surface area contributed by atoms with Gasteiger partial charge in [0.15, 0.2) is 0 Å². The quantitative estimate of drug-likeness (QED) is 0.308. The highest BCUT2D eigenvalue weighted by Gasteiger charge is 2.15. The number of aromatic hydroxyl groups is 1. The molecular formula is C22H30O5. The minimum absolute atomic E-state index is 0.0751. The highest BCUT2D eigenvalue weighted by molar-refractivity contribution is 5.89. The summed E-state index contributed by atoms with van der Waals surface area (Å²) in [5.41, 5.74) is 0.314. The van der Waals surface area contributed by atoms with E-state index in [-0.39, 0.29) is 19.0 Å². The zero-order valence-corrected chi connectivity index (χ0v) is 15.9. The summed E-state index contributed by atoms with van der Waals surface area (Å²) in [7, 11) is 0. The second-order valence-corrected chi connectivity index (χ2v) is 6.00. The van der Waals surface area contributed by atoms with E-state index < -0.39 is 12.1 Å². The molecule has 0 saturated carbocycles. The number of esters is 1. The van der Waals surface area contributed by atoms with Crippen LogP contribution in [0.25, 0.3) is 0 Å². The third-order valence-electron chi connectivity index (χ3n) is 3.60. The molecule has 0 heterocycles. The summed E-state index contributed by atoms with van der Waals surface area (Å²) >= 11 is 0. The minimum atomic E-state index is -0.709. The van der Waals surface area contributed by atoms with Gasteiger partial charge >= 0.3 is 5.97 Å². The van der Waals surface area contributed by atoms with Crippen LogP contribution in [0.4, 0.5) is 0 Å². The molecular weight excluding hydrogens is 344 g/mol. The number of hydrogen-bond donors (Lipinski definition) is 2. The molecule has 0 spiro atoms. The maximum atomic E-state index is 12.0. The molecule has 0 radical (unpaired) electrons. The average molecular weight is 374 g/mol. The predicted octanol–water partition coefficient (Wildman–Crippen LogP) is 4.18. The van der Waals surface area contributed by atoms with Crippen LogP contribution < -0.4 is 0 Å². The second kappa shape index (κ2) is 14.8. The first kappa shape index (κ1) is 22.7. The van der Waals surface area contributed by atoms with Crippen LogP contribution in [0.15, 0.2) is 60.7 Å². The fourth-order valence-corrected chi connectivity index (χ4v) is 2.10. The Balaban J connectivity index is 2.16. The van der Waals surface area contributed by atoms with Gasteiger partial charge in [-0.3, -0.25) is 0 Å². The van der Waals surface area contributed by atoms with Crippen molar-refractivity contribution < 1.29 is 24.5 Å². The second-order valence-electron chi connectivity index (χ2n) is 6.00. The molecule has 0 saturated heterocycles. The van der Waals surface area contributed by atoms with E-state index in [4.69, 9.17) is 9.47 Å². The molecule has 0 fully saturated rings. The van der Waals surface area contributed by atoms with Crippen LogP contribution in [0.3, 0.4) is 0 Å². The van der Waals surface area contributed by atoms with Crippen molar-refractivity contribution in [3.05, 3.63) is 66.3 Å². The molecule has 5 heteroatoms. The lowest BCUT2D eigenvalue weighted by atomic mass is 10.2. The van der Waals surface area contributed by atoms with Crippen molar-refractivity contribution in [2.45, 2.75) is 38.7 Å². The van der Waals surface area contributed by atoms with Crippen molar-refractivity contribution in [2.75, 3.05) is 19.8 Å². The smallest absolute Gasteiger partial charge is 0.338 e. The van der Waals surface area contributed by atoms with Crippen LogP contribution >= 0.6 is 0 Å². The Morgan fingerprint density at radius 2 is 1.74 bits per heavy atom. The Morgan fingerprint density at radius 3 is 2.37 bits per heavy atom. The molecule has 2 N–H and O–H groups in total. The first-order valence-electron chi connectivity index (χ1n) is 9.34. The zero-order chi connectivity index (χ0) is 19.7. The maximum Gasteiger partial charge on any atom is 0.338 e. The van der Waals surface area contributed by atoms with Gasteiger partial charge in [0.1, 0.15) is 11.9 Å². The molecule has 1 atom stereocenters. The largest absolute Gasteiger partial charge is 0.508 e. The molecule has 1 aromatic rings. The third kappa shape index (κ3) is 11.1. The maximum absolute atomic E-state index is 12.0. The lowest BCUT2D eigenvalue weighted by molar-refractivity contribution is -0.0240. The van der Waals surface area contributed by atoms with Crippen LogP contribution in [0.2, 0.25) is 0 Å². The van der Waals surface area contributed by atoms with Crippen molar-refractivity contribution in [3.8, 4) is 5.75 Å². The van der Waals surface area contributed by atoms with Crippen LogP contribution in [-0.2, 0) is 9.47 Å². The fourth-order valence-electron chi connectivity index (χ4n) is 2.10. The number of benzene rings is 1. The predicted molar refractivity (Wildman–Crippen MR) is 107 cm³/mol. The normalized spacial score (nSPS) is 13.0. The Bertz CT molecular complexity index is 602. The topological polar surface area (TPSA) is 76.0 Å². The number of rotatable bonds is 13. The number of carbonyl (C=O) groups excluding carboxylic acids is 1. The molecule has 1 aromatic carbocycles. The molecule has 0 aliphatic rings. The monoisotopic (exact) mass is 374 g/mol.